The van der Waals surface area contributed by atoms with Crippen LogP contribution in [0.1, 0.15) is 24.5 Å². The lowest BCUT2D eigenvalue weighted by molar-refractivity contribution is 0.165. The molecule has 0 aliphatic rings. The molecule has 96 valence electrons. The highest BCUT2D eigenvalue weighted by molar-refractivity contribution is 5.22. The van der Waals surface area contributed by atoms with Crippen molar-refractivity contribution < 1.29 is 9.84 Å². The van der Waals surface area contributed by atoms with Gasteiger partial charge in [0.2, 0.25) is 0 Å². The number of hydrogen-bond acceptors (Lipinski definition) is 3. The molecule has 3 heteroatoms. The fraction of sp³-hybridized carbons (Fsp3) is 0.571. The fourth-order valence-electron chi connectivity index (χ4n) is 1.75. The summed E-state index contributed by atoms with van der Waals surface area (Å²) in [4.78, 5) is 0. The van der Waals surface area contributed by atoms with Crippen LogP contribution in [0.4, 0.5) is 0 Å². The van der Waals surface area contributed by atoms with Gasteiger partial charge in [-0.2, -0.15) is 0 Å². The maximum absolute atomic E-state index is 8.94. The molecule has 1 rings (SSSR count). The summed E-state index contributed by atoms with van der Waals surface area (Å²) in [7, 11) is 1.73. The Kier molecular flexibility index (Phi) is 6.86. The van der Waals surface area contributed by atoms with Gasteiger partial charge in [-0.3, -0.25) is 0 Å². The van der Waals surface area contributed by atoms with Gasteiger partial charge in [-0.15, -0.1) is 0 Å². The van der Waals surface area contributed by atoms with Crippen molar-refractivity contribution in [3.8, 4) is 0 Å². The minimum absolute atomic E-state index is 0.115. The van der Waals surface area contributed by atoms with E-state index in [1.807, 2.05) is 12.1 Å². The number of ether oxygens (including phenoxy) is 1. The van der Waals surface area contributed by atoms with Gasteiger partial charge >= 0.3 is 0 Å². The highest BCUT2D eigenvalue weighted by Gasteiger charge is 2.03. The van der Waals surface area contributed by atoms with Crippen molar-refractivity contribution in [2.45, 2.75) is 32.4 Å². The lowest BCUT2D eigenvalue weighted by atomic mass is 10.1. The number of aliphatic hydroxyl groups is 1. The van der Waals surface area contributed by atoms with E-state index in [2.05, 4.69) is 24.4 Å². The van der Waals surface area contributed by atoms with Crippen LogP contribution in [0.2, 0.25) is 0 Å². The first-order chi connectivity index (χ1) is 8.30. The van der Waals surface area contributed by atoms with Crippen molar-refractivity contribution in [1.29, 1.82) is 0 Å². The van der Waals surface area contributed by atoms with Crippen molar-refractivity contribution in [3.05, 3.63) is 35.4 Å². The summed E-state index contributed by atoms with van der Waals surface area (Å²) in [6.45, 7) is 4.00. The van der Waals surface area contributed by atoms with Gasteiger partial charge in [0.15, 0.2) is 0 Å². The molecular weight excluding hydrogens is 214 g/mol. The van der Waals surface area contributed by atoms with E-state index in [4.69, 9.17) is 9.84 Å². The molecule has 0 saturated carbocycles. The average molecular weight is 237 g/mol. The fourth-order valence-corrected chi connectivity index (χ4v) is 1.75. The van der Waals surface area contributed by atoms with E-state index in [1.165, 1.54) is 5.56 Å². The molecule has 17 heavy (non-hydrogen) atoms. The second-order valence-electron chi connectivity index (χ2n) is 4.24. The zero-order chi connectivity index (χ0) is 12.5. The Morgan fingerprint density at radius 1 is 1.24 bits per heavy atom. The maximum atomic E-state index is 8.94. The molecule has 1 aromatic rings. The summed E-state index contributed by atoms with van der Waals surface area (Å²) in [6.07, 6.45) is 2.09. The third-order valence-electron chi connectivity index (χ3n) is 2.91. The topological polar surface area (TPSA) is 41.5 Å². The van der Waals surface area contributed by atoms with Gasteiger partial charge in [0.1, 0.15) is 0 Å². The summed E-state index contributed by atoms with van der Waals surface area (Å²) in [5.74, 6) is 0. The van der Waals surface area contributed by atoms with Crippen molar-refractivity contribution in [3.63, 3.8) is 0 Å². The van der Waals surface area contributed by atoms with Crippen molar-refractivity contribution >= 4 is 0 Å². The molecule has 0 radical (unpaired) electrons. The van der Waals surface area contributed by atoms with E-state index >= 15 is 0 Å². The number of benzene rings is 1. The molecule has 2 N–H and O–H groups in total. The standard InChI is InChI=1S/C14H23NO2/c1-3-14(11-17-2)15-9-8-12-4-6-13(10-16)7-5-12/h4-7,14-16H,3,8-11H2,1-2H3. The number of aliphatic hydroxyl groups excluding tert-OH is 1. The van der Waals surface area contributed by atoms with E-state index in [0.29, 0.717) is 6.04 Å². The molecule has 0 spiro atoms. The van der Waals surface area contributed by atoms with Gasteiger partial charge in [-0.1, -0.05) is 31.2 Å². The van der Waals surface area contributed by atoms with Gasteiger partial charge < -0.3 is 15.2 Å². The number of hydrogen-bond donors (Lipinski definition) is 2. The number of rotatable bonds is 8. The van der Waals surface area contributed by atoms with E-state index < -0.39 is 0 Å². The van der Waals surface area contributed by atoms with Crippen LogP contribution >= 0.6 is 0 Å². The monoisotopic (exact) mass is 237 g/mol. The molecule has 1 aromatic carbocycles. The predicted octanol–water partition coefficient (Wildman–Crippen LogP) is 1.74. The van der Waals surface area contributed by atoms with Gasteiger partial charge in [-0.05, 0) is 30.5 Å². The highest BCUT2D eigenvalue weighted by atomic mass is 16.5. The lowest BCUT2D eigenvalue weighted by Gasteiger charge is -2.15. The van der Waals surface area contributed by atoms with Crippen LogP contribution < -0.4 is 5.32 Å². The molecule has 0 aliphatic heterocycles. The first kappa shape index (κ1) is 14.2. The minimum Gasteiger partial charge on any atom is -0.392 e. The summed E-state index contributed by atoms with van der Waals surface area (Å²) >= 11 is 0. The molecule has 0 fully saturated rings. The van der Waals surface area contributed by atoms with E-state index in [9.17, 15) is 0 Å². The van der Waals surface area contributed by atoms with Crippen LogP contribution in [-0.4, -0.2) is 31.4 Å². The first-order valence-electron chi connectivity index (χ1n) is 6.21. The zero-order valence-electron chi connectivity index (χ0n) is 10.8. The zero-order valence-corrected chi connectivity index (χ0v) is 10.8. The average Bonchev–Trinajstić information content (AvgIpc) is 2.38. The predicted molar refractivity (Wildman–Crippen MR) is 70.0 cm³/mol. The normalized spacial score (nSPS) is 12.6. The molecule has 0 amide bonds. The smallest absolute Gasteiger partial charge is 0.0681 e. The summed E-state index contributed by atoms with van der Waals surface area (Å²) in [5.41, 5.74) is 2.26. The Bertz CT molecular complexity index is 298. The number of nitrogens with one attached hydrogen (secondary N) is 1. The van der Waals surface area contributed by atoms with Crippen LogP contribution in [0.25, 0.3) is 0 Å². The van der Waals surface area contributed by atoms with Gasteiger partial charge in [0.05, 0.1) is 13.2 Å². The Balaban J connectivity index is 2.29. The largest absolute Gasteiger partial charge is 0.392 e. The Labute approximate surface area is 104 Å². The van der Waals surface area contributed by atoms with Gasteiger partial charge in [0, 0.05) is 13.2 Å². The Morgan fingerprint density at radius 2 is 1.88 bits per heavy atom. The molecule has 0 bridgehead atoms. The summed E-state index contributed by atoms with van der Waals surface area (Å²) in [5, 5.41) is 12.4. The molecule has 0 heterocycles. The van der Waals surface area contributed by atoms with Gasteiger partial charge in [0.25, 0.3) is 0 Å². The molecular formula is C14H23NO2. The first-order valence-corrected chi connectivity index (χ1v) is 6.21. The third kappa shape index (κ3) is 5.31. The van der Waals surface area contributed by atoms with Crippen molar-refractivity contribution in [2.75, 3.05) is 20.3 Å². The molecule has 3 nitrogen and oxygen atoms in total. The summed E-state index contributed by atoms with van der Waals surface area (Å²) < 4.78 is 5.14. The minimum atomic E-state index is 0.115. The van der Waals surface area contributed by atoms with Crippen LogP contribution in [-0.2, 0) is 17.8 Å². The van der Waals surface area contributed by atoms with E-state index in [1.54, 1.807) is 7.11 Å². The Hall–Kier alpha value is -0.900. The second-order valence-corrected chi connectivity index (χ2v) is 4.24. The summed E-state index contributed by atoms with van der Waals surface area (Å²) in [6, 6.07) is 8.54. The third-order valence-corrected chi connectivity index (χ3v) is 2.91. The molecule has 1 unspecified atom stereocenters. The van der Waals surface area contributed by atoms with Crippen LogP contribution in [0.5, 0.6) is 0 Å². The number of methoxy groups -OCH3 is 1. The van der Waals surface area contributed by atoms with Crippen molar-refractivity contribution in [2.24, 2.45) is 0 Å². The van der Waals surface area contributed by atoms with E-state index in [-0.39, 0.29) is 6.61 Å². The van der Waals surface area contributed by atoms with Gasteiger partial charge in [-0.25, -0.2) is 0 Å². The SMILES string of the molecule is CCC(COC)NCCc1ccc(CO)cc1. The molecule has 0 aliphatic carbocycles. The lowest BCUT2D eigenvalue weighted by Crippen LogP contribution is -2.34. The second kappa shape index (κ2) is 8.23. The van der Waals surface area contributed by atoms with Crippen LogP contribution in [0.3, 0.4) is 0 Å². The van der Waals surface area contributed by atoms with E-state index in [0.717, 1.165) is 31.6 Å². The maximum Gasteiger partial charge on any atom is 0.0681 e. The molecule has 0 aromatic heterocycles. The quantitative estimate of drug-likeness (QED) is 0.723. The van der Waals surface area contributed by atoms with Crippen molar-refractivity contribution in [1.82, 2.24) is 5.32 Å². The van der Waals surface area contributed by atoms with Crippen LogP contribution in [0.15, 0.2) is 24.3 Å². The van der Waals surface area contributed by atoms with Crippen LogP contribution in [0, 0.1) is 0 Å². The highest BCUT2D eigenvalue weighted by Crippen LogP contribution is 2.04. The molecule has 0 saturated heterocycles. The Morgan fingerprint density at radius 3 is 2.41 bits per heavy atom. The molecule has 1 atom stereocenters.